The number of hydrogen-bond donors (Lipinski definition) is 1. The molecular formula is C3H10NSi. The SMILES string of the molecule is CC[Si](C)N. The zero-order valence-electron chi connectivity index (χ0n) is 3.78. The maximum absolute atomic E-state index is 5.39. The monoisotopic (exact) mass is 88.1 g/mol. The average Bonchev–Trinajstić information content (AvgIpc) is 1.38. The highest BCUT2D eigenvalue weighted by molar-refractivity contribution is 6.53. The van der Waals surface area contributed by atoms with Crippen molar-refractivity contribution in [3.05, 3.63) is 0 Å². The zero-order valence-corrected chi connectivity index (χ0v) is 4.78. The summed E-state index contributed by atoms with van der Waals surface area (Å²) in [5, 5.41) is 5.39. The molecule has 0 unspecified atom stereocenters. The second kappa shape index (κ2) is 2.42. The molecule has 0 aliphatic carbocycles. The summed E-state index contributed by atoms with van der Waals surface area (Å²) in [5.74, 6) is 0. The van der Waals surface area contributed by atoms with E-state index < -0.39 is 0 Å². The van der Waals surface area contributed by atoms with E-state index in [0.29, 0.717) is 0 Å². The van der Waals surface area contributed by atoms with Crippen molar-refractivity contribution >= 4 is 8.96 Å². The van der Waals surface area contributed by atoms with Gasteiger partial charge in [-0.2, -0.15) is 0 Å². The molecule has 31 valence electrons. The van der Waals surface area contributed by atoms with Gasteiger partial charge in [0, 0.05) is 0 Å². The van der Waals surface area contributed by atoms with Gasteiger partial charge >= 0.3 is 0 Å². The normalized spacial score (nSPS) is 9.60. The molecule has 0 amide bonds. The van der Waals surface area contributed by atoms with Crippen LogP contribution in [0.5, 0.6) is 0 Å². The molecule has 0 aromatic rings. The molecule has 2 N–H and O–H groups in total. The van der Waals surface area contributed by atoms with Gasteiger partial charge in [-0.15, -0.1) is 0 Å². The average molecular weight is 88.2 g/mol. The molecule has 0 bridgehead atoms. The summed E-state index contributed by atoms with van der Waals surface area (Å²) in [7, 11) is -0.374. The third kappa shape index (κ3) is 4.18. The smallest absolute Gasteiger partial charge is 0.127 e. The van der Waals surface area contributed by atoms with Gasteiger partial charge in [0.05, 0.1) is 0 Å². The molecule has 0 heterocycles. The van der Waals surface area contributed by atoms with Crippen molar-refractivity contribution in [3.63, 3.8) is 0 Å². The summed E-state index contributed by atoms with van der Waals surface area (Å²) in [4.78, 5) is 0. The van der Waals surface area contributed by atoms with Crippen molar-refractivity contribution < 1.29 is 0 Å². The van der Waals surface area contributed by atoms with Gasteiger partial charge in [0.2, 0.25) is 0 Å². The number of nitrogens with two attached hydrogens (primary N) is 1. The highest BCUT2D eigenvalue weighted by Crippen LogP contribution is 1.74. The molecule has 1 nitrogen and oxygen atoms in total. The minimum absolute atomic E-state index is 0.374. The van der Waals surface area contributed by atoms with Crippen LogP contribution in [0.2, 0.25) is 12.6 Å². The fourth-order valence-electron chi connectivity index (χ4n) is 0. The van der Waals surface area contributed by atoms with E-state index in [1.807, 2.05) is 0 Å². The molecule has 0 spiro atoms. The molecule has 0 atom stereocenters. The summed E-state index contributed by atoms with van der Waals surface area (Å²) < 4.78 is 0. The quantitative estimate of drug-likeness (QED) is 0.466. The Bertz CT molecular complexity index is 20.9. The Labute approximate surface area is 34.9 Å². The maximum atomic E-state index is 5.39. The summed E-state index contributed by atoms with van der Waals surface area (Å²) in [6.07, 6.45) is 0. The molecule has 0 aromatic carbocycles. The van der Waals surface area contributed by atoms with Crippen LogP contribution in [0.15, 0.2) is 0 Å². The molecule has 1 radical (unpaired) electrons. The van der Waals surface area contributed by atoms with Crippen molar-refractivity contribution in [3.8, 4) is 0 Å². The van der Waals surface area contributed by atoms with Crippen LogP contribution >= 0.6 is 0 Å². The first-order valence-corrected chi connectivity index (χ1v) is 4.13. The van der Waals surface area contributed by atoms with E-state index in [-0.39, 0.29) is 8.96 Å². The van der Waals surface area contributed by atoms with E-state index in [4.69, 9.17) is 5.40 Å². The fraction of sp³-hybridized carbons (Fsp3) is 1.00. The summed E-state index contributed by atoms with van der Waals surface area (Å²) in [5.41, 5.74) is 0. The summed E-state index contributed by atoms with van der Waals surface area (Å²) in [6, 6.07) is 1.19. The fourth-order valence-corrected chi connectivity index (χ4v) is 0. The Morgan fingerprint density at radius 3 is 2.00 bits per heavy atom. The first-order chi connectivity index (χ1) is 2.27. The number of rotatable bonds is 1. The van der Waals surface area contributed by atoms with Crippen LogP contribution in [0, 0.1) is 0 Å². The van der Waals surface area contributed by atoms with Crippen LogP contribution in [0.4, 0.5) is 0 Å². The second-order valence-electron chi connectivity index (χ2n) is 1.20. The van der Waals surface area contributed by atoms with E-state index in [9.17, 15) is 0 Å². The van der Waals surface area contributed by atoms with Gasteiger partial charge in [-0.1, -0.05) is 13.5 Å². The summed E-state index contributed by atoms with van der Waals surface area (Å²) in [6.45, 7) is 4.22. The Kier molecular flexibility index (Phi) is 2.50. The third-order valence-electron chi connectivity index (χ3n) is 0.558. The molecule has 0 aliphatic rings. The van der Waals surface area contributed by atoms with E-state index in [0.717, 1.165) is 0 Å². The van der Waals surface area contributed by atoms with Crippen molar-refractivity contribution in [2.24, 2.45) is 5.40 Å². The van der Waals surface area contributed by atoms with Crippen LogP contribution in [-0.2, 0) is 0 Å². The first kappa shape index (κ1) is 5.18. The van der Waals surface area contributed by atoms with Gasteiger partial charge in [0.1, 0.15) is 8.96 Å². The van der Waals surface area contributed by atoms with Gasteiger partial charge in [-0.3, -0.25) is 0 Å². The molecule has 0 rings (SSSR count). The molecule has 5 heavy (non-hydrogen) atoms. The van der Waals surface area contributed by atoms with E-state index >= 15 is 0 Å². The topological polar surface area (TPSA) is 26.0 Å². The van der Waals surface area contributed by atoms with Gasteiger partial charge in [-0.25, -0.2) is 0 Å². The van der Waals surface area contributed by atoms with E-state index in [2.05, 4.69) is 13.5 Å². The number of hydrogen-bond acceptors (Lipinski definition) is 1. The van der Waals surface area contributed by atoms with Crippen molar-refractivity contribution in [2.75, 3.05) is 0 Å². The Morgan fingerprint density at radius 1 is 1.80 bits per heavy atom. The summed E-state index contributed by atoms with van der Waals surface area (Å²) >= 11 is 0. The van der Waals surface area contributed by atoms with Gasteiger partial charge in [0.25, 0.3) is 0 Å². The lowest BCUT2D eigenvalue weighted by molar-refractivity contribution is 1.39. The molecule has 2 heteroatoms. The molecule has 0 aromatic heterocycles. The van der Waals surface area contributed by atoms with Crippen molar-refractivity contribution in [1.82, 2.24) is 0 Å². The molecule has 0 saturated carbocycles. The lowest BCUT2D eigenvalue weighted by atomic mass is 11.0. The lowest BCUT2D eigenvalue weighted by Gasteiger charge is -1.87. The largest absolute Gasteiger partial charge is 0.352 e. The lowest BCUT2D eigenvalue weighted by Crippen LogP contribution is -2.17. The van der Waals surface area contributed by atoms with Gasteiger partial charge < -0.3 is 5.40 Å². The Hall–Kier alpha value is 0.177. The predicted molar refractivity (Wildman–Crippen MR) is 26.3 cm³/mol. The van der Waals surface area contributed by atoms with Gasteiger partial charge in [-0.05, 0) is 6.04 Å². The van der Waals surface area contributed by atoms with Gasteiger partial charge in [0.15, 0.2) is 0 Å². The van der Waals surface area contributed by atoms with E-state index in [1.54, 1.807) is 0 Å². The minimum atomic E-state index is -0.374. The highest BCUT2D eigenvalue weighted by Gasteiger charge is 1.84. The molecule has 0 fully saturated rings. The zero-order chi connectivity index (χ0) is 4.28. The third-order valence-corrected chi connectivity index (χ3v) is 1.67. The van der Waals surface area contributed by atoms with Crippen LogP contribution in [0.25, 0.3) is 0 Å². The van der Waals surface area contributed by atoms with Crippen molar-refractivity contribution in [2.45, 2.75) is 19.5 Å². The standard InChI is InChI=1S/C3H10NSi/c1-3-5(2)4/h3-4H2,1-2H3. The molecule has 0 aliphatic heterocycles. The second-order valence-corrected chi connectivity index (χ2v) is 3.60. The van der Waals surface area contributed by atoms with Crippen LogP contribution in [0.3, 0.4) is 0 Å². The van der Waals surface area contributed by atoms with Crippen LogP contribution in [-0.4, -0.2) is 8.96 Å². The predicted octanol–water partition coefficient (Wildman–Crippen LogP) is 0.586. The Balaban J connectivity index is 2.54. The first-order valence-electron chi connectivity index (χ1n) is 1.85. The van der Waals surface area contributed by atoms with E-state index in [1.165, 1.54) is 6.04 Å². The van der Waals surface area contributed by atoms with Crippen LogP contribution in [0.1, 0.15) is 6.92 Å². The maximum Gasteiger partial charge on any atom is 0.127 e. The van der Waals surface area contributed by atoms with Crippen LogP contribution < -0.4 is 5.40 Å². The molecular weight excluding hydrogens is 78.1 g/mol. The highest BCUT2D eigenvalue weighted by atomic mass is 28.3. The minimum Gasteiger partial charge on any atom is -0.352 e. The van der Waals surface area contributed by atoms with Crippen molar-refractivity contribution in [1.29, 1.82) is 0 Å². The Morgan fingerprint density at radius 2 is 2.00 bits per heavy atom. The molecule has 0 saturated heterocycles.